The second-order valence-corrected chi connectivity index (χ2v) is 12.7. The lowest BCUT2D eigenvalue weighted by Crippen LogP contribution is -2.39. The summed E-state index contributed by atoms with van der Waals surface area (Å²) >= 11 is 0. The van der Waals surface area contributed by atoms with Gasteiger partial charge in [0, 0.05) is 47.8 Å². The van der Waals surface area contributed by atoms with E-state index < -0.39 is 5.97 Å². The van der Waals surface area contributed by atoms with Crippen molar-refractivity contribution in [2.45, 2.75) is 90.6 Å². The molecule has 39 heavy (non-hydrogen) atoms. The Morgan fingerprint density at radius 3 is 2.44 bits per heavy atom. The molecule has 0 bridgehead atoms. The number of piperidine rings is 1. The minimum Gasteiger partial charge on any atom is -0.478 e. The highest BCUT2D eigenvalue weighted by Gasteiger charge is 2.31. The van der Waals surface area contributed by atoms with Crippen molar-refractivity contribution in [3.8, 4) is 11.3 Å². The number of nitrogens with zero attached hydrogens (tertiary/aromatic N) is 3. The van der Waals surface area contributed by atoms with Gasteiger partial charge in [-0.25, -0.2) is 4.79 Å². The van der Waals surface area contributed by atoms with Crippen LogP contribution in [0.5, 0.6) is 0 Å². The highest BCUT2D eigenvalue weighted by atomic mass is 16.4. The predicted molar refractivity (Wildman–Crippen MR) is 161 cm³/mol. The van der Waals surface area contributed by atoms with Crippen LogP contribution in [0.25, 0.3) is 22.2 Å². The molecule has 1 N–H and O–H groups in total. The number of anilines is 1. The number of carboxylic acid groups (broad SMARTS) is 1. The number of carboxylic acids is 1. The fraction of sp³-hybridized carbons (Fsp3) is 0.559. The molecule has 5 heteroatoms. The molecule has 1 aromatic heterocycles. The van der Waals surface area contributed by atoms with Gasteiger partial charge in [0.1, 0.15) is 0 Å². The first-order valence-electron chi connectivity index (χ1n) is 15.4. The molecule has 2 aromatic carbocycles. The van der Waals surface area contributed by atoms with Crippen LogP contribution in [0.1, 0.15) is 92.6 Å². The number of aromatic carboxylic acids is 1. The molecule has 2 fully saturated rings. The zero-order valence-electron chi connectivity index (χ0n) is 24.1. The summed E-state index contributed by atoms with van der Waals surface area (Å²) in [4.78, 5) is 17.2. The van der Waals surface area contributed by atoms with Crippen LogP contribution in [0.15, 0.2) is 36.4 Å². The molecular formula is C34H45N3O2. The first kappa shape index (κ1) is 26.4. The van der Waals surface area contributed by atoms with Crippen LogP contribution in [0.3, 0.4) is 0 Å². The second-order valence-electron chi connectivity index (χ2n) is 12.7. The Balaban J connectivity index is 1.39. The van der Waals surface area contributed by atoms with Gasteiger partial charge in [-0.1, -0.05) is 37.5 Å². The van der Waals surface area contributed by atoms with Crippen molar-refractivity contribution < 1.29 is 9.90 Å². The van der Waals surface area contributed by atoms with Crippen LogP contribution in [0.4, 0.5) is 5.69 Å². The number of fused-ring (bicyclic) bond motifs is 5. The topological polar surface area (TPSA) is 48.7 Å². The van der Waals surface area contributed by atoms with Gasteiger partial charge in [-0.15, -0.1) is 0 Å². The SMILES string of the molecule is Cc1ccc2c(c1)N(CCC1CCN(C(C)C)CC1)CCn1c-2c(C2CCCCC2)c2ccc(C(=O)O)cc21. The van der Waals surface area contributed by atoms with E-state index in [0.29, 0.717) is 17.5 Å². The van der Waals surface area contributed by atoms with E-state index in [0.717, 1.165) is 31.1 Å². The highest BCUT2D eigenvalue weighted by Crippen LogP contribution is 2.47. The molecule has 2 aliphatic heterocycles. The molecule has 0 amide bonds. The lowest BCUT2D eigenvalue weighted by atomic mass is 9.81. The van der Waals surface area contributed by atoms with E-state index in [4.69, 9.17) is 0 Å². The lowest BCUT2D eigenvalue weighted by Gasteiger charge is -2.35. The zero-order valence-corrected chi connectivity index (χ0v) is 24.1. The summed E-state index contributed by atoms with van der Waals surface area (Å²) in [5.74, 6) is 0.494. The molecule has 5 nitrogen and oxygen atoms in total. The third kappa shape index (κ3) is 5.11. The molecule has 1 saturated carbocycles. The first-order valence-corrected chi connectivity index (χ1v) is 15.4. The predicted octanol–water partition coefficient (Wildman–Crippen LogP) is 7.69. The van der Waals surface area contributed by atoms with Crippen molar-refractivity contribution in [1.29, 1.82) is 0 Å². The highest BCUT2D eigenvalue weighted by molar-refractivity contribution is 5.99. The standard InChI is InChI=1S/C34H45N3O2/c1-23(2)35-16-13-25(14-17-35)15-18-36-19-20-37-31-22-27(34(38)39)10-12-28(31)32(26-7-5-4-6-8-26)33(37)29-11-9-24(3)21-30(29)36/h9-12,21-23,25-26H,4-8,13-20H2,1-3H3,(H,38,39). The van der Waals surface area contributed by atoms with Gasteiger partial charge in [-0.2, -0.15) is 0 Å². The van der Waals surface area contributed by atoms with Crippen molar-refractivity contribution in [3.63, 3.8) is 0 Å². The number of aryl methyl sites for hydroxylation is 1. The van der Waals surface area contributed by atoms with Gasteiger partial charge in [0.25, 0.3) is 0 Å². The van der Waals surface area contributed by atoms with Gasteiger partial charge in [0.2, 0.25) is 0 Å². The Bertz CT molecular complexity index is 1340. The summed E-state index contributed by atoms with van der Waals surface area (Å²) in [6, 6.07) is 13.5. The molecule has 3 heterocycles. The van der Waals surface area contributed by atoms with Crippen LogP contribution >= 0.6 is 0 Å². The van der Waals surface area contributed by atoms with Gasteiger partial charge >= 0.3 is 5.97 Å². The number of carbonyl (C=O) groups is 1. The average molecular weight is 528 g/mol. The fourth-order valence-electron chi connectivity index (χ4n) is 7.61. The van der Waals surface area contributed by atoms with Crippen LogP contribution in [-0.2, 0) is 6.54 Å². The van der Waals surface area contributed by atoms with Crippen molar-refractivity contribution in [2.75, 3.05) is 31.1 Å². The maximum absolute atomic E-state index is 11.9. The minimum absolute atomic E-state index is 0.385. The molecule has 208 valence electrons. The molecular weight excluding hydrogens is 482 g/mol. The van der Waals surface area contributed by atoms with Gasteiger partial charge in [-0.05, 0) is 107 Å². The maximum Gasteiger partial charge on any atom is 0.335 e. The molecule has 1 aliphatic carbocycles. The van der Waals surface area contributed by atoms with Crippen molar-refractivity contribution in [2.24, 2.45) is 5.92 Å². The Labute approximate surface area is 233 Å². The zero-order chi connectivity index (χ0) is 27.1. The van der Waals surface area contributed by atoms with E-state index in [-0.39, 0.29) is 0 Å². The molecule has 0 atom stereocenters. The van der Waals surface area contributed by atoms with Gasteiger partial charge < -0.3 is 19.5 Å². The second kappa shape index (κ2) is 11.0. The van der Waals surface area contributed by atoms with Crippen LogP contribution < -0.4 is 4.90 Å². The van der Waals surface area contributed by atoms with E-state index in [1.54, 1.807) is 0 Å². The van der Waals surface area contributed by atoms with Gasteiger partial charge in [0.05, 0.1) is 11.3 Å². The molecule has 0 spiro atoms. The molecule has 6 rings (SSSR count). The van der Waals surface area contributed by atoms with E-state index in [2.05, 4.69) is 59.4 Å². The summed E-state index contributed by atoms with van der Waals surface area (Å²) in [6.07, 6.45) is 10.2. The monoisotopic (exact) mass is 527 g/mol. The van der Waals surface area contributed by atoms with Crippen LogP contribution in [-0.4, -0.2) is 52.8 Å². The molecule has 0 radical (unpaired) electrons. The van der Waals surface area contributed by atoms with Crippen molar-refractivity contribution >= 4 is 22.6 Å². The third-order valence-corrected chi connectivity index (χ3v) is 9.89. The quantitative estimate of drug-likeness (QED) is 0.357. The Kier molecular flexibility index (Phi) is 7.45. The minimum atomic E-state index is -0.846. The van der Waals surface area contributed by atoms with Crippen LogP contribution in [0.2, 0.25) is 0 Å². The third-order valence-electron chi connectivity index (χ3n) is 9.89. The number of benzene rings is 2. The Hall–Kier alpha value is -2.79. The van der Waals surface area contributed by atoms with E-state index >= 15 is 0 Å². The lowest BCUT2D eigenvalue weighted by molar-refractivity contribution is 0.0697. The summed E-state index contributed by atoms with van der Waals surface area (Å²) in [5, 5.41) is 11.1. The van der Waals surface area contributed by atoms with E-state index in [1.165, 1.54) is 97.9 Å². The normalized spacial score (nSPS) is 19.3. The van der Waals surface area contributed by atoms with Gasteiger partial charge in [-0.3, -0.25) is 0 Å². The summed E-state index contributed by atoms with van der Waals surface area (Å²) in [5.41, 5.74) is 8.31. The number of hydrogen-bond donors (Lipinski definition) is 1. The first-order chi connectivity index (χ1) is 18.9. The molecule has 3 aromatic rings. The molecule has 3 aliphatic rings. The number of rotatable bonds is 6. The number of likely N-dealkylation sites (tertiary alicyclic amines) is 1. The maximum atomic E-state index is 11.9. The van der Waals surface area contributed by atoms with Crippen LogP contribution in [0, 0.1) is 12.8 Å². The van der Waals surface area contributed by atoms with Crippen molar-refractivity contribution in [1.82, 2.24) is 9.47 Å². The Morgan fingerprint density at radius 1 is 0.949 bits per heavy atom. The Morgan fingerprint density at radius 2 is 1.72 bits per heavy atom. The van der Waals surface area contributed by atoms with Crippen molar-refractivity contribution in [3.05, 3.63) is 53.1 Å². The summed E-state index contributed by atoms with van der Waals surface area (Å²) in [7, 11) is 0. The summed E-state index contributed by atoms with van der Waals surface area (Å²) < 4.78 is 2.47. The van der Waals surface area contributed by atoms with Gasteiger partial charge in [0.15, 0.2) is 0 Å². The smallest absolute Gasteiger partial charge is 0.335 e. The van der Waals surface area contributed by atoms with E-state index in [1.807, 2.05) is 12.1 Å². The molecule has 0 unspecified atom stereocenters. The summed E-state index contributed by atoms with van der Waals surface area (Å²) in [6.45, 7) is 12.2. The molecule has 1 saturated heterocycles. The van der Waals surface area contributed by atoms with E-state index in [9.17, 15) is 9.90 Å². The largest absolute Gasteiger partial charge is 0.478 e. The average Bonchev–Trinajstić information content (AvgIpc) is 3.18. The fourth-order valence-corrected chi connectivity index (χ4v) is 7.61. The number of aromatic nitrogens is 1. The number of hydrogen-bond acceptors (Lipinski definition) is 3.